The Morgan fingerprint density at radius 1 is 1.36 bits per heavy atom. The van der Waals surface area contributed by atoms with Crippen molar-refractivity contribution in [1.82, 2.24) is 10.2 Å². The number of carbonyl (C=O) groups excluding carboxylic acids is 2. The summed E-state index contributed by atoms with van der Waals surface area (Å²) in [5.41, 5.74) is -0.406. The highest BCUT2D eigenvalue weighted by molar-refractivity contribution is 6.35. The number of amidine groups is 1. The Morgan fingerprint density at radius 3 is 2.77 bits per heavy atom. The number of fused-ring (bicyclic) bond motifs is 1. The largest absolute Gasteiger partial charge is 0.325 e. The second-order valence-electron chi connectivity index (χ2n) is 5.07. The maximum atomic E-state index is 12.5. The summed E-state index contributed by atoms with van der Waals surface area (Å²) in [6.45, 7) is 1.37. The number of amides is 2. The molecular formula is C15H13ClN4O2. The first-order valence-electron chi connectivity index (χ1n) is 6.67. The van der Waals surface area contributed by atoms with Gasteiger partial charge in [-0.05, 0) is 17.7 Å². The number of benzene rings is 1. The number of carbonyl (C=O) groups is 2. The van der Waals surface area contributed by atoms with Crippen molar-refractivity contribution >= 4 is 35.5 Å². The highest BCUT2D eigenvalue weighted by atomic mass is 35.5. The molecule has 0 saturated carbocycles. The molecule has 0 fully saturated rings. The van der Waals surface area contributed by atoms with Crippen LogP contribution in [0.3, 0.4) is 0 Å². The summed E-state index contributed by atoms with van der Waals surface area (Å²) in [5, 5.41) is 3.35. The van der Waals surface area contributed by atoms with Gasteiger partial charge in [0.2, 0.25) is 11.6 Å². The molecule has 7 heteroatoms. The first-order chi connectivity index (χ1) is 10.5. The van der Waals surface area contributed by atoms with Crippen LogP contribution in [0.2, 0.25) is 5.02 Å². The van der Waals surface area contributed by atoms with E-state index >= 15 is 0 Å². The fourth-order valence-electron chi connectivity index (χ4n) is 2.57. The van der Waals surface area contributed by atoms with E-state index in [9.17, 15) is 9.59 Å². The van der Waals surface area contributed by atoms with Crippen LogP contribution in [0.4, 0.5) is 0 Å². The molecule has 2 aliphatic rings. The zero-order valence-electron chi connectivity index (χ0n) is 11.8. The first kappa shape index (κ1) is 14.5. The number of halogens is 1. The van der Waals surface area contributed by atoms with E-state index in [2.05, 4.69) is 15.3 Å². The van der Waals surface area contributed by atoms with Gasteiger partial charge in [0.1, 0.15) is 0 Å². The Hall–Kier alpha value is -2.47. The molecule has 1 aromatic rings. The van der Waals surface area contributed by atoms with Crippen LogP contribution < -0.4 is 5.32 Å². The summed E-state index contributed by atoms with van der Waals surface area (Å²) >= 11 is 5.89. The molecule has 112 valence electrons. The van der Waals surface area contributed by atoms with Gasteiger partial charge in [-0.15, -0.1) is 0 Å². The average molecular weight is 317 g/mol. The van der Waals surface area contributed by atoms with Crippen molar-refractivity contribution in [3.05, 3.63) is 47.3 Å². The van der Waals surface area contributed by atoms with Crippen LogP contribution in [0, 0.1) is 0 Å². The highest BCUT2D eigenvalue weighted by Gasteiger charge is 2.50. The monoisotopic (exact) mass is 316 g/mol. The summed E-state index contributed by atoms with van der Waals surface area (Å²) in [4.78, 5) is 33.7. The van der Waals surface area contributed by atoms with Crippen molar-refractivity contribution in [1.29, 1.82) is 0 Å². The topological polar surface area (TPSA) is 74.1 Å². The van der Waals surface area contributed by atoms with Crippen molar-refractivity contribution in [3.63, 3.8) is 0 Å². The average Bonchev–Trinajstić information content (AvgIpc) is 2.74. The minimum atomic E-state index is -1.27. The van der Waals surface area contributed by atoms with Gasteiger partial charge in [-0.3, -0.25) is 19.5 Å². The van der Waals surface area contributed by atoms with E-state index in [-0.39, 0.29) is 12.3 Å². The fraction of sp³-hybridized carbons (Fsp3) is 0.200. The number of nitrogens with zero attached hydrogens (tertiary/aromatic N) is 3. The lowest BCUT2D eigenvalue weighted by molar-refractivity contribution is -0.133. The Bertz CT molecular complexity index is 724. The van der Waals surface area contributed by atoms with Gasteiger partial charge in [0, 0.05) is 30.8 Å². The van der Waals surface area contributed by atoms with Crippen LogP contribution in [-0.2, 0) is 16.0 Å². The lowest BCUT2D eigenvalue weighted by atomic mass is 9.97. The van der Waals surface area contributed by atoms with Crippen LogP contribution in [0.5, 0.6) is 0 Å². The molecule has 6 nitrogen and oxygen atoms in total. The molecule has 22 heavy (non-hydrogen) atoms. The lowest BCUT2D eigenvalue weighted by Crippen LogP contribution is -2.62. The van der Waals surface area contributed by atoms with Gasteiger partial charge in [-0.2, -0.15) is 4.99 Å². The van der Waals surface area contributed by atoms with Gasteiger partial charge < -0.3 is 5.32 Å². The highest BCUT2D eigenvalue weighted by Crippen LogP contribution is 2.28. The quantitative estimate of drug-likeness (QED) is 0.918. The van der Waals surface area contributed by atoms with Crippen molar-refractivity contribution in [2.45, 2.75) is 19.0 Å². The van der Waals surface area contributed by atoms with E-state index in [1.165, 1.54) is 13.1 Å². The summed E-state index contributed by atoms with van der Waals surface area (Å²) in [6, 6.07) is 7.12. The van der Waals surface area contributed by atoms with Crippen LogP contribution in [0.1, 0.15) is 12.5 Å². The van der Waals surface area contributed by atoms with E-state index < -0.39 is 11.6 Å². The van der Waals surface area contributed by atoms with Crippen molar-refractivity contribution < 1.29 is 9.59 Å². The van der Waals surface area contributed by atoms with Crippen molar-refractivity contribution in [2.75, 3.05) is 0 Å². The molecule has 0 bridgehead atoms. The summed E-state index contributed by atoms with van der Waals surface area (Å²) in [6.07, 6.45) is 4.95. The molecule has 3 rings (SSSR count). The fourth-order valence-corrected chi connectivity index (χ4v) is 2.69. The Balaban J connectivity index is 2.00. The molecular weight excluding hydrogens is 304 g/mol. The lowest BCUT2D eigenvalue weighted by Gasteiger charge is -2.36. The van der Waals surface area contributed by atoms with Crippen molar-refractivity contribution in [3.8, 4) is 0 Å². The molecule has 0 saturated heterocycles. The maximum absolute atomic E-state index is 12.5. The Morgan fingerprint density at radius 2 is 2.09 bits per heavy atom. The van der Waals surface area contributed by atoms with Crippen LogP contribution in [0.15, 0.2) is 46.7 Å². The Kier molecular flexibility index (Phi) is 3.54. The zero-order chi connectivity index (χ0) is 15.7. The normalized spacial score (nSPS) is 22.5. The molecule has 1 N–H and O–H groups in total. The standard InChI is InChI=1S/C15H13ClN4O2/c1-10(21)19-15(8-11-2-4-12(16)5-3-11)14(22)18-13-9-17-6-7-20(13)15/h2-7,9H,8H2,1H3,(H,19,21). The SMILES string of the molecule is CC(=O)NC1(Cc2ccc(Cl)cc2)C(=O)N=C2C=NC=CN21. The number of aliphatic imine (C=N–C) groups is 2. The molecule has 1 unspecified atom stereocenters. The molecule has 1 atom stereocenters. The molecule has 2 heterocycles. The minimum absolute atomic E-state index is 0.272. The smallest absolute Gasteiger partial charge is 0.295 e. The maximum Gasteiger partial charge on any atom is 0.295 e. The van der Waals surface area contributed by atoms with Crippen molar-refractivity contribution in [2.24, 2.45) is 9.98 Å². The number of rotatable bonds is 3. The molecule has 2 aliphatic heterocycles. The summed E-state index contributed by atoms with van der Waals surface area (Å²) < 4.78 is 0. The second-order valence-corrected chi connectivity index (χ2v) is 5.50. The van der Waals surface area contributed by atoms with E-state index in [4.69, 9.17) is 11.6 Å². The molecule has 1 aromatic carbocycles. The number of hydrogen-bond acceptors (Lipinski definition) is 4. The summed E-state index contributed by atoms with van der Waals surface area (Å²) in [5.74, 6) is -0.324. The van der Waals surface area contributed by atoms with Crippen LogP contribution >= 0.6 is 11.6 Å². The third-order valence-corrected chi connectivity index (χ3v) is 3.73. The molecule has 0 aromatic heterocycles. The van der Waals surface area contributed by atoms with Gasteiger partial charge in [0.25, 0.3) is 5.91 Å². The predicted octanol–water partition coefficient (Wildman–Crippen LogP) is 1.51. The zero-order valence-corrected chi connectivity index (χ0v) is 12.5. The van der Waals surface area contributed by atoms with Gasteiger partial charge in [0.05, 0.1) is 6.21 Å². The molecule has 2 amide bonds. The molecule has 0 aliphatic carbocycles. The first-order valence-corrected chi connectivity index (χ1v) is 7.04. The number of hydrogen-bond donors (Lipinski definition) is 1. The van der Waals surface area contributed by atoms with Crippen LogP contribution in [-0.4, -0.2) is 34.4 Å². The molecule has 0 radical (unpaired) electrons. The van der Waals surface area contributed by atoms with Gasteiger partial charge in [0.15, 0.2) is 5.84 Å². The van der Waals surface area contributed by atoms with E-state index in [0.29, 0.717) is 10.9 Å². The van der Waals surface area contributed by atoms with E-state index in [0.717, 1.165) is 5.56 Å². The number of nitrogens with one attached hydrogen (secondary N) is 1. The van der Waals surface area contributed by atoms with Gasteiger partial charge >= 0.3 is 0 Å². The third kappa shape index (κ3) is 2.42. The van der Waals surface area contributed by atoms with E-state index in [1.54, 1.807) is 29.4 Å². The van der Waals surface area contributed by atoms with E-state index in [1.807, 2.05) is 12.1 Å². The minimum Gasteiger partial charge on any atom is -0.325 e. The predicted molar refractivity (Wildman–Crippen MR) is 83.6 cm³/mol. The summed E-state index contributed by atoms with van der Waals surface area (Å²) in [7, 11) is 0. The van der Waals surface area contributed by atoms with Gasteiger partial charge in [-0.1, -0.05) is 23.7 Å². The Labute approximate surface area is 132 Å². The third-order valence-electron chi connectivity index (χ3n) is 3.48. The molecule has 0 spiro atoms. The van der Waals surface area contributed by atoms with Crippen LogP contribution in [0.25, 0.3) is 0 Å². The van der Waals surface area contributed by atoms with Gasteiger partial charge in [-0.25, -0.2) is 0 Å². The second kappa shape index (κ2) is 5.38.